The van der Waals surface area contributed by atoms with Gasteiger partial charge < -0.3 is 14.2 Å². The minimum absolute atomic E-state index is 0.0563. The van der Waals surface area contributed by atoms with E-state index in [2.05, 4.69) is 9.47 Å². The van der Waals surface area contributed by atoms with Crippen LogP contribution in [-0.4, -0.2) is 43.4 Å². The van der Waals surface area contributed by atoms with E-state index >= 15 is 0 Å². The van der Waals surface area contributed by atoms with Crippen molar-refractivity contribution >= 4 is 5.97 Å². The number of ether oxygens (including phenoxy) is 3. The van der Waals surface area contributed by atoms with E-state index in [0.29, 0.717) is 24.7 Å². The van der Waals surface area contributed by atoms with E-state index in [4.69, 9.17) is 4.74 Å². The highest BCUT2D eigenvalue weighted by molar-refractivity contribution is 5.73. The zero-order valence-electron chi connectivity index (χ0n) is 18.2. The number of hydrogen-bond donors (Lipinski definition) is 0. The molecule has 0 aromatic carbocycles. The SMILES string of the molecule is COC(C)(C)OC(CCCCCCOC(=O)C1CC2CCC1C2)(C(F)(F)F)C(F)(F)F. The van der Waals surface area contributed by atoms with E-state index in [9.17, 15) is 31.1 Å². The number of rotatable bonds is 11. The van der Waals surface area contributed by atoms with Gasteiger partial charge >= 0.3 is 18.3 Å². The Morgan fingerprint density at radius 2 is 1.52 bits per heavy atom. The van der Waals surface area contributed by atoms with Crippen LogP contribution in [0, 0.1) is 17.8 Å². The fourth-order valence-electron chi connectivity index (χ4n) is 4.71. The molecule has 2 bridgehead atoms. The standard InChI is InChI=1S/C21H32F6O4/c1-18(2,29-3)31-19(20(22,23)24,21(25,26)27)10-6-4-5-7-11-30-17(28)16-13-14-8-9-15(16)12-14/h14-16H,4-13H2,1-3H3. The number of methoxy groups -OCH3 is 1. The highest BCUT2D eigenvalue weighted by Gasteiger charge is 2.73. The summed E-state index contributed by atoms with van der Waals surface area (Å²) in [6, 6.07) is 0. The summed E-state index contributed by atoms with van der Waals surface area (Å²) in [5, 5.41) is 0. The number of esters is 1. The second-order valence-corrected chi connectivity index (χ2v) is 9.14. The van der Waals surface area contributed by atoms with Crippen molar-refractivity contribution in [3.05, 3.63) is 0 Å². The molecule has 3 atom stereocenters. The van der Waals surface area contributed by atoms with Gasteiger partial charge in [-0.1, -0.05) is 19.3 Å². The molecule has 0 spiro atoms. The minimum atomic E-state index is -5.66. The molecule has 0 saturated heterocycles. The van der Waals surface area contributed by atoms with Crippen LogP contribution in [0.4, 0.5) is 26.3 Å². The van der Waals surface area contributed by atoms with Gasteiger partial charge in [0.1, 0.15) is 0 Å². The van der Waals surface area contributed by atoms with Gasteiger partial charge in [-0.05, 0) is 64.2 Å². The molecule has 0 aromatic heterocycles. The van der Waals surface area contributed by atoms with Crippen molar-refractivity contribution in [1.82, 2.24) is 0 Å². The third-order valence-corrected chi connectivity index (χ3v) is 6.54. The van der Waals surface area contributed by atoms with Gasteiger partial charge in [-0.15, -0.1) is 0 Å². The molecular weight excluding hydrogens is 430 g/mol. The quantitative estimate of drug-likeness (QED) is 0.159. The van der Waals surface area contributed by atoms with Crippen LogP contribution in [0.25, 0.3) is 0 Å². The Morgan fingerprint density at radius 3 is 2.00 bits per heavy atom. The van der Waals surface area contributed by atoms with Gasteiger partial charge in [0.25, 0.3) is 5.60 Å². The van der Waals surface area contributed by atoms with Gasteiger partial charge in [0, 0.05) is 7.11 Å². The molecule has 2 aliphatic carbocycles. The van der Waals surface area contributed by atoms with Gasteiger partial charge in [0.2, 0.25) is 0 Å². The largest absolute Gasteiger partial charge is 0.465 e. The fraction of sp³-hybridized carbons (Fsp3) is 0.952. The zero-order valence-corrected chi connectivity index (χ0v) is 18.2. The first-order chi connectivity index (χ1) is 14.2. The average molecular weight is 462 g/mol. The number of carbonyl (C=O) groups excluding carboxylic acids is 1. The molecule has 0 amide bonds. The van der Waals surface area contributed by atoms with Crippen molar-refractivity contribution < 1.29 is 45.3 Å². The summed E-state index contributed by atoms with van der Waals surface area (Å²) in [5.74, 6) is -1.35. The second kappa shape index (κ2) is 9.85. The summed E-state index contributed by atoms with van der Waals surface area (Å²) >= 11 is 0. The van der Waals surface area contributed by atoms with Crippen LogP contribution >= 0.6 is 0 Å². The maximum atomic E-state index is 13.5. The summed E-state index contributed by atoms with van der Waals surface area (Å²) in [6.45, 7) is 2.14. The molecule has 0 radical (unpaired) electrons. The number of halogens is 6. The van der Waals surface area contributed by atoms with Crippen molar-refractivity contribution in [2.75, 3.05) is 13.7 Å². The summed E-state index contributed by atoms with van der Waals surface area (Å²) in [5.41, 5.74) is -4.31. The summed E-state index contributed by atoms with van der Waals surface area (Å²) in [7, 11) is 0.982. The lowest BCUT2D eigenvalue weighted by Gasteiger charge is -2.42. The van der Waals surface area contributed by atoms with Gasteiger partial charge in [-0.25, -0.2) is 0 Å². The highest BCUT2D eigenvalue weighted by Crippen LogP contribution is 2.51. The topological polar surface area (TPSA) is 44.8 Å². The molecule has 0 N–H and O–H groups in total. The predicted octanol–water partition coefficient (Wildman–Crippen LogP) is 6.18. The smallest absolute Gasteiger partial charge is 0.426 e. The Balaban J connectivity index is 1.79. The van der Waals surface area contributed by atoms with E-state index in [1.807, 2.05) is 0 Å². The van der Waals surface area contributed by atoms with E-state index in [-0.39, 0.29) is 31.3 Å². The van der Waals surface area contributed by atoms with Gasteiger partial charge in [0.15, 0.2) is 5.79 Å². The first kappa shape index (κ1) is 26.2. The Hall–Kier alpha value is -1.03. The molecule has 0 aromatic rings. The lowest BCUT2D eigenvalue weighted by Crippen LogP contribution is -2.62. The molecule has 0 aliphatic heterocycles. The molecule has 31 heavy (non-hydrogen) atoms. The van der Waals surface area contributed by atoms with Crippen LogP contribution in [0.2, 0.25) is 0 Å². The molecule has 2 fully saturated rings. The van der Waals surface area contributed by atoms with Crippen LogP contribution in [0.5, 0.6) is 0 Å². The number of unbranched alkanes of at least 4 members (excludes halogenated alkanes) is 3. The molecule has 10 heteroatoms. The van der Waals surface area contributed by atoms with Crippen molar-refractivity contribution in [3.63, 3.8) is 0 Å². The Morgan fingerprint density at radius 1 is 0.903 bits per heavy atom. The highest BCUT2D eigenvalue weighted by atomic mass is 19.4. The number of carbonyl (C=O) groups is 1. The Labute approximate surface area is 179 Å². The average Bonchev–Trinajstić information content (AvgIpc) is 3.27. The maximum Gasteiger partial charge on any atom is 0.426 e. The minimum Gasteiger partial charge on any atom is -0.465 e. The lowest BCUT2D eigenvalue weighted by atomic mass is 9.89. The van der Waals surface area contributed by atoms with Crippen molar-refractivity contribution in [2.45, 2.75) is 95.4 Å². The third kappa shape index (κ3) is 6.27. The summed E-state index contributed by atoms with van der Waals surface area (Å²) < 4.78 is 95.5. The van der Waals surface area contributed by atoms with E-state index in [1.165, 1.54) is 0 Å². The molecule has 0 heterocycles. The van der Waals surface area contributed by atoms with Crippen molar-refractivity contribution in [1.29, 1.82) is 0 Å². The van der Waals surface area contributed by atoms with Gasteiger partial charge in [-0.2, -0.15) is 26.3 Å². The molecule has 2 aliphatic rings. The molecule has 182 valence electrons. The van der Waals surface area contributed by atoms with Crippen LogP contribution in [-0.2, 0) is 19.0 Å². The second-order valence-electron chi connectivity index (χ2n) is 9.14. The third-order valence-electron chi connectivity index (χ3n) is 6.54. The molecular formula is C21H32F6O4. The monoisotopic (exact) mass is 462 g/mol. The van der Waals surface area contributed by atoms with Crippen molar-refractivity contribution in [2.24, 2.45) is 17.8 Å². The summed E-state index contributed by atoms with van der Waals surface area (Å²) in [4.78, 5) is 12.1. The number of fused-ring (bicyclic) bond motifs is 2. The normalized spacial score (nSPS) is 24.6. The van der Waals surface area contributed by atoms with Crippen LogP contribution in [0.1, 0.15) is 71.6 Å². The van der Waals surface area contributed by atoms with Crippen LogP contribution in [0.15, 0.2) is 0 Å². The number of alkyl halides is 6. The fourth-order valence-corrected chi connectivity index (χ4v) is 4.71. The first-order valence-corrected chi connectivity index (χ1v) is 10.8. The van der Waals surface area contributed by atoms with E-state index in [0.717, 1.165) is 46.6 Å². The number of hydrogen-bond acceptors (Lipinski definition) is 4. The zero-order chi connectivity index (χ0) is 23.5. The van der Waals surface area contributed by atoms with Crippen LogP contribution < -0.4 is 0 Å². The Kier molecular flexibility index (Phi) is 8.33. The Bertz CT molecular complexity index is 588. The van der Waals surface area contributed by atoms with Crippen LogP contribution in [0.3, 0.4) is 0 Å². The molecule has 2 rings (SSSR count). The van der Waals surface area contributed by atoms with Gasteiger partial charge in [0.05, 0.1) is 12.5 Å². The lowest BCUT2D eigenvalue weighted by molar-refractivity contribution is -0.426. The molecule has 3 unspecified atom stereocenters. The summed E-state index contributed by atoms with van der Waals surface area (Å²) in [6.07, 6.45) is -7.92. The first-order valence-electron chi connectivity index (χ1n) is 10.8. The van der Waals surface area contributed by atoms with E-state index < -0.39 is 30.2 Å². The predicted molar refractivity (Wildman–Crippen MR) is 100.0 cm³/mol. The van der Waals surface area contributed by atoms with E-state index in [1.54, 1.807) is 0 Å². The van der Waals surface area contributed by atoms with Crippen molar-refractivity contribution in [3.8, 4) is 0 Å². The molecule has 4 nitrogen and oxygen atoms in total. The molecule has 2 saturated carbocycles. The van der Waals surface area contributed by atoms with Gasteiger partial charge in [-0.3, -0.25) is 4.79 Å². The maximum absolute atomic E-state index is 13.5.